The summed E-state index contributed by atoms with van der Waals surface area (Å²) < 4.78 is 16.8. The van der Waals surface area contributed by atoms with Crippen LogP contribution in [0, 0.1) is 13.8 Å². The monoisotopic (exact) mass is 448 g/mol. The molecule has 33 heavy (non-hydrogen) atoms. The van der Waals surface area contributed by atoms with Gasteiger partial charge in [0.1, 0.15) is 18.9 Å². The molecule has 1 saturated heterocycles. The van der Waals surface area contributed by atoms with Crippen molar-refractivity contribution in [3.63, 3.8) is 0 Å². The maximum absolute atomic E-state index is 5.67. The zero-order valence-electron chi connectivity index (χ0n) is 19.5. The third-order valence-electron chi connectivity index (χ3n) is 6.37. The second kappa shape index (κ2) is 9.85. The molecule has 3 heterocycles. The average Bonchev–Trinajstić information content (AvgIpc) is 3.31. The van der Waals surface area contributed by atoms with E-state index >= 15 is 0 Å². The van der Waals surface area contributed by atoms with E-state index in [4.69, 9.17) is 14.0 Å². The normalized spacial score (nSPS) is 16.2. The molecule has 0 bridgehead atoms. The summed E-state index contributed by atoms with van der Waals surface area (Å²) in [5, 5.41) is 7.71. The van der Waals surface area contributed by atoms with Crippen molar-refractivity contribution in [2.24, 2.45) is 0 Å². The number of anilines is 1. The van der Waals surface area contributed by atoms with Crippen LogP contribution < -0.4 is 19.7 Å². The first kappa shape index (κ1) is 21.8. The van der Waals surface area contributed by atoms with Crippen LogP contribution in [-0.2, 0) is 6.54 Å². The number of benzene rings is 2. The fraction of sp³-hybridized carbons (Fsp3) is 0.423. The molecule has 0 spiro atoms. The first-order chi connectivity index (χ1) is 16.2. The number of hydrogen-bond donors (Lipinski definition) is 1. The van der Waals surface area contributed by atoms with Crippen LogP contribution in [0.4, 0.5) is 5.69 Å². The zero-order valence-corrected chi connectivity index (χ0v) is 19.5. The molecule has 3 aromatic rings. The number of piperazine rings is 1. The Labute approximate surface area is 195 Å². The number of nitrogens with zero attached hydrogens (tertiary/aromatic N) is 3. The Morgan fingerprint density at radius 1 is 0.909 bits per heavy atom. The second-order valence-electron chi connectivity index (χ2n) is 8.83. The number of ether oxygens (including phenoxy) is 2. The van der Waals surface area contributed by atoms with E-state index in [0.29, 0.717) is 19.8 Å². The molecule has 0 saturated carbocycles. The van der Waals surface area contributed by atoms with Crippen molar-refractivity contribution < 1.29 is 14.0 Å². The maximum Gasteiger partial charge on any atom is 0.162 e. The number of nitrogens with one attached hydrogen (secondary N) is 1. The molecule has 5 rings (SSSR count). The lowest BCUT2D eigenvalue weighted by molar-refractivity contribution is 0.171. The third-order valence-corrected chi connectivity index (χ3v) is 6.37. The van der Waals surface area contributed by atoms with Crippen LogP contribution in [0.15, 0.2) is 47.0 Å². The molecule has 1 aromatic heterocycles. The molecule has 0 atom stereocenters. The van der Waals surface area contributed by atoms with Crippen molar-refractivity contribution >= 4 is 5.69 Å². The molecule has 1 N–H and O–H groups in total. The second-order valence-corrected chi connectivity index (χ2v) is 8.83. The lowest BCUT2D eigenvalue weighted by Crippen LogP contribution is -2.48. The van der Waals surface area contributed by atoms with E-state index in [-0.39, 0.29) is 0 Å². The van der Waals surface area contributed by atoms with Crippen molar-refractivity contribution in [2.75, 3.05) is 57.4 Å². The van der Waals surface area contributed by atoms with Crippen LogP contribution in [0.3, 0.4) is 0 Å². The highest BCUT2D eigenvalue weighted by molar-refractivity contribution is 5.64. The van der Waals surface area contributed by atoms with Gasteiger partial charge >= 0.3 is 0 Å². The molecule has 0 amide bonds. The van der Waals surface area contributed by atoms with Crippen LogP contribution in [0.5, 0.6) is 11.5 Å². The summed E-state index contributed by atoms with van der Waals surface area (Å²) in [6, 6.07) is 14.6. The van der Waals surface area contributed by atoms with Gasteiger partial charge in [0.2, 0.25) is 0 Å². The van der Waals surface area contributed by atoms with E-state index in [2.05, 4.69) is 52.3 Å². The first-order valence-electron chi connectivity index (χ1n) is 11.8. The largest absolute Gasteiger partial charge is 0.486 e. The summed E-state index contributed by atoms with van der Waals surface area (Å²) in [5.41, 5.74) is 5.85. The van der Waals surface area contributed by atoms with Crippen LogP contribution in [0.25, 0.3) is 11.3 Å². The molecule has 174 valence electrons. The number of aryl methyl sites for hydroxylation is 2. The van der Waals surface area contributed by atoms with Crippen molar-refractivity contribution in [1.29, 1.82) is 0 Å². The lowest BCUT2D eigenvalue weighted by atomic mass is 10.1. The van der Waals surface area contributed by atoms with Crippen molar-refractivity contribution in [1.82, 2.24) is 15.4 Å². The standard InChI is InChI=1S/C26H32N4O3/c1-19-3-5-24(20(2)15-19)30-11-9-29(10-12-30)8-7-27-18-22-17-23(28-33-22)21-4-6-25-26(16-21)32-14-13-31-25/h3-6,15-17,27H,7-14,18H2,1-2H3. The SMILES string of the molecule is Cc1ccc(N2CCN(CCNCc3cc(-c4ccc5c(c4)OCCO5)no3)CC2)c(C)c1. The van der Waals surface area contributed by atoms with E-state index < -0.39 is 0 Å². The molecule has 7 heteroatoms. The summed E-state index contributed by atoms with van der Waals surface area (Å²) in [4.78, 5) is 5.03. The quantitative estimate of drug-likeness (QED) is 0.554. The molecule has 2 aromatic carbocycles. The molecule has 0 unspecified atom stereocenters. The Hall–Kier alpha value is -3.03. The Morgan fingerprint density at radius 3 is 2.55 bits per heavy atom. The van der Waals surface area contributed by atoms with Gasteiger partial charge in [-0.3, -0.25) is 4.90 Å². The molecule has 0 radical (unpaired) electrons. The predicted molar refractivity (Wildman–Crippen MR) is 129 cm³/mol. The van der Waals surface area contributed by atoms with Crippen molar-refractivity contribution in [2.45, 2.75) is 20.4 Å². The van der Waals surface area contributed by atoms with Crippen molar-refractivity contribution in [3.8, 4) is 22.8 Å². The van der Waals surface area contributed by atoms with E-state index in [9.17, 15) is 0 Å². The minimum Gasteiger partial charge on any atom is -0.486 e. The zero-order chi connectivity index (χ0) is 22.6. The molecule has 1 fully saturated rings. The van der Waals surface area contributed by atoms with Gasteiger partial charge in [0.25, 0.3) is 0 Å². The van der Waals surface area contributed by atoms with Gasteiger partial charge < -0.3 is 24.2 Å². The lowest BCUT2D eigenvalue weighted by Gasteiger charge is -2.37. The average molecular weight is 449 g/mol. The summed E-state index contributed by atoms with van der Waals surface area (Å²) in [5.74, 6) is 2.38. The molecule has 7 nitrogen and oxygen atoms in total. The van der Waals surface area contributed by atoms with Crippen LogP contribution in [-0.4, -0.2) is 62.5 Å². The van der Waals surface area contributed by atoms with Crippen LogP contribution >= 0.6 is 0 Å². The van der Waals surface area contributed by atoms with Gasteiger partial charge in [-0.1, -0.05) is 22.9 Å². The Morgan fingerprint density at radius 2 is 1.73 bits per heavy atom. The fourth-order valence-electron chi connectivity index (χ4n) is 4.56. The Bertz CT molecular complexity index is 1090. The Balaban J connectivity index is 1.06. The molecular formula is C26H32N4O3. The van der Waals surface area contributed by atoms with E-state index in [1.165, 1.54) is 16.8 Å². The van der Waals surface area contributed by atoms with Gasteiger partial charge in [0.15, 0.2) is 17.3 Å². The van der Waals surface area contributed by atoms with Crippen molar-refractivity contribution in [3.05, 3.63) is 59.4 Å². The number of aromatic nitrogens is 1. The van der Waals surface area contributed by atoms with E-state index in [0.717, 1.165) is 67.8 Å². The highest BCUT2D eigenvalue weighted by Crippen LogP contribution is 2.34. The summed E-state index contributed by atoms with van der Waals surface area (Å²) in [7, 11) is 0. The first-order valence-corrected chi connectivity index (χ1v) is 11.8. The summed E-state index contributed by atoms with van der Waals surface area (Å²) in [6.45, 7) is 12.5. The third kappa shape index (κ3) is 5.15. The van der Waals surface area contributed by atoms with Crippen LogP contribution in [0.2, 0.25) is 0 Å². The van der Waals surface area contributed by atoms with Gasteiger partial charge in [0.05, 0.1) is 6.54 Å². The predicted octanol–water partition coefficient (Wildman–Crippen LogP) is 3.64. The molecule has 2 aliphatic heterocycles. The smallest absolute Gasteiger partial charge is 0.162 e. The number of hydrogen-bond acceptors (Lipinski definition) is 7. The summed E-state index contributed by atoms with van der Waals surface area (Å²) in [6.07, 6.45) is 0. The van der Waals surface area contributed by atoms with Gasteiger partial charge in [0, 0.05) is 56.6 Å². The molecule has 0 aliphatic carbocycles. The summed E-state index contributed by atoms with van der Waals surface area (Å²) >= 11 is 0. The topological polar surface area (TPSA) is 63.0 Å². The highest BCUT2D eigenvalue weighted by Gasteiger charge is 2.18. The number of fused-ring (bicyclic) bond motifs is 1. The van der Waals surface area contributed by atoms with Gasteiger partial charge in [-0.2, -0.15) is 0 Å². The maximum atomic E-state index is 5.67. The molecule has 2 aliphatic rings. The Kier molecular flexibility index (Phi) is 6.51. The highest BCUT2D eigenvalue weighted by atomic mass is 16.6. The van der Waals surface area contributed by atoms with Gasteiger partial charge in [-0.25, -0.2) is 0 Å². The number of rotatable bonds is 7. The van der Waals surface area contributed by atoms with Gasteiger partial charge in [-0.15, -0.1) is 0 Å². The van der Waals surface area contributed by atoms with E-state index in [1.54, 1.807) is 0 Å². The minimum atomic E-state index is 0.574. The minimum absolute atomic E-state index is 0.574. The van der Waals surface area contributed by atoms with Gasteiger partial charge in [-0.05, 0) is 43.7 Å². The van der Waals surface area contributed by atoms with E-state index in [1.807, 2.05) is 24.3 Å². The van der Waals surface area contributed by atoms with Crippen LogP contribution in [0.1, 0.15) is 16.9 Å². The molecular weight excluding hydrogens is 416 g/mol. The fourth-order valence-corrected chi connectivity index (χ4v) is 4.56.